The summed E-state index contributed by atoms with van der Waals surface area (Å²) in [6.45, 7) is 5.21. The number of rotatable bonds is 15. The van der Waals surface area contributed by atoms with Gasteiger partial charge in [0.15, 0.2) is 0 Å². The van der Waals surface area contributed by atoms with E-state index in [0.717, 1.165) is 6.42 Å². The molecule has 5 unspecified atom stereocenters. The van der Waals surface area contributed by atoms with Gasteiger partial charge < -0.3 is 37.6 Å². The second kappa shape index (κ2) is 15.1. The molecule has 0 saturated heterocycles. The molecule has 0 aliphatic carbocycles. The Hall–Kier alpha value is -3.02. The Bertz CT molecular complexity index is 833. The number of nitrogens with two attached hydrogens (primary N) is 2. The summed E-state index contributed by atoms with van der Waals surface area (Å²) in [6, 6.07) is 4.20. The van der Waals surface area contributed by atoms with Gasteiger partial charge in [-0.3, -0.25) is 14.4 Å². The van der Waals surface area contributed by atoms with Crippen molar-refractivity contribution in [1.82, 2.24) is 16.0 Å². The first kappa shape index (κ1) is 30.0. The fourth-order valence-corrected chi connectivity index (χ4v) is 3.39. The van der Waals surface area contributed by atoms with Gasteiger partial charge in [-0.05, 0) is 37.8 Å². The normalized spacial score (nSPS) is 15.4. The summed E-state index contributed by atoms with van der Waals surface area (Å²) in [5, 5.41) is 27.1. The minimum Gasteiger partial charge on any atom is -0.480 e. The van der Waals surface area contributed by atoms with E-state index in [1.807, 2.05) is 0 Å². The highest BCUT2D eigenvalue weighted by atomic mass is 16.4. The average molecular weight is 494 g/mol. The summed E-state index contributed by atoms with van der Waals surface area (Å²) in [6.07, 6.45) is 0.497. The molecule has 3 amide bonds. The molecule has 11 nitrogen and oxygen atoms in total. The fraction of sp³-hybridized carbons (Fsp3) is 0.583. The van der Waals surface area contributed by atoms with E-state index in [1.54, 1.807) is 44.2 Å². The van der Waals surface area contributed by atoms with Crippen LogP contribution in [0.2, 0.25) is 0 Å². The highest BCUT2D eigenvalue weighted by molar-refractivity contribution is 5.94. The van der Waals surface area contributed by atoms with Crippen molar-refractivity contribution in [2.24, 2.45) is 17.4 Å². The second-order valence-electron chi connectivity index (χ2n) is 8.94. The zero-order valence-corrected chi connectivity index (χ0v) is 20.6. The molecule has 0 spiro atoms. The summed E-state index contributed by atoms with van der Waals surface area (Å²) in [5.41, 5.74) is 12.1. The fourth-order valence-electron chi connectivity index (χ4n) is 3.39. The van der Waals surface area contributed by atoms with E-state index in [4.69, 9.17) is 11.5 Å². The first-order chi connectivity index (χ1) is 16.5. The topological polar surface area (TPSA) is 197 Å². The molecule has 0 heterocycles. The number of hydrogen-bond acceptors (Lipinski definition) is 7. The Morgan fingerprint density at radius 1 is 0.886 bits per heavy atom. The monoisotopic (exact) mass is 493 g/mol. The quantitative estimate of drug-likeness (QED) is 0.155. The van der Waals surface area contributed by atoms with Gasteiger partial charge in [0.1, 0.15) is 18.1 Å². The van der Waals surface area contributed by atoms with Crippen LogP contribution in [0.3, 0.4) is 0 Å². The molecule has 1 aromatic carbocycles. The van der Waals surface area contributed by atoms with Crippen LogP contribution in [0.4, 0.5) is 0 Å². The number of carbonyl (C=O) groups is 4. The Kier molecular flexibility index (Phi) is 12.9. The lowest BCUT2D eigenvalue weighted by molar-refractivity contribution is -0.143. The van der Waals surface area contributed by atoms with Crippen molar-refractivity contribution in [1.29, 1.82) is 0 Å². The van der Waals surface area contributed by atoms with Gasteiger partial charge in [-0.2, -0.15) is 0 Å². The molecule has 0 aliphatic heterocycles. The molecular formula is C24H39N5O6. The third-order valence-corrected chi connectivity index (χ3v) is 5.51. The number of carboxylic acids is 1. The number of aliphatic hydroxyl groups excluding tert-OH is 1. The lowest BCUT2D eigenvalue weighted by Gasteiger charge is -2.28. The van der Waals surface area contributed by atoms with Gasteiger partial charge in [-0.15, -0.1) is 0 Å². The van der Waals surface area contributed by atoms with Crippen LogP contribution < -0.4 is 27.4 Å². The van der Waals surface area contributed by atoms with E-state index in [0.29, 0.717) is 24.9 Å². The number of carbonyl (C=O) groups excluding carboxylic acids is 3. The van der Waals surface area contributed by atoms with E-state index in [-0.39, 0.29) is 12.3 Å². The molecule has 196 valence electrons. The molecule has 0 radical (unpaired) electrons. The number of aliphatic hydroxyl groups is 1. The maximum absolute atomic E-state index is 12.9. The van der Waals surface area contributed by atoms with Gasteiger partial charge >= 0.3 is 5.97 Å². The SMILES string of the molecule is CC(C)C(NC(=O)C(N)CCCCN)C(=O)NC(C(=O)NC(Cc1ccccc1)C(=O)O)C(C)O. The molecule has 11 heteroatoms. The molecule has 0 bridgehead atoms. The highest BCUT2D eigenvalue weighted by Gasteiger charge is 2.33. The third kappa shape index (κ3) is 10.4. The van der Waals surface area contributed by atoms with Crippen molar-refractivity contribution < 1.29 is 29.4 Å². The Balaban J connectivity index is 2.87. The van der Waals surface area contributed by atoms with Crippen LogP contribution in [0.25, 0.3) is 0 Å². The van der Waals surface area contributed by atoms with Crippen molar-refractivity contribution in [3.8, 4) is 0 Å². The number of benzene rings is 1. The maximum atomic E-state index is 12.9. The van der Waals surface area contributed by atoms with E-state index in [2.05, 4.69) is 16.0 Å². The van der Waals surface area contributed by atoms with Crippen molar-refractivity contribution in [2.75, 3.05) is 6.54 Å². The minimum absolute atomic E-state index is 0.0229. The summed E-state index contributed by atoms with van der Waals surface area (Å²) < 4.78 is 0. The first-order valence-electron chi connectivity index (χ1n) is 11.8. The van der Waals surface area contributed by atoms with Crippen molar-refractivity contribution in [2.45, 2.75) is 76.7 Å². The predicted molar refractivity (Wildman–Crippen MR) is 131 cm³/mol. The number of aliphatic carboxylic acids is 1. The lowest BCUT2D eigenvalue weighted by Crippen LogP contribution is -2.61. The van der Waals surface area contributed by atoms with Crippen LogP contribution in [0.1, 0.15) is 45.6 Å². The van der Waals surface area contributed by atoms with Gasteiger partial charge in [-0.1, -0.05) is 50.6 Å². The van der Waals surface area contributed by atoms with E-state index >= 15 is 0 Å². The zero-order valence-electron chi connectivity index (χ0n) is 20.6. The van der Waals surface area contributed by atoms with E-state index in [1.165, 1.54) is 6.92 Å². The first-order valence-corrected chi connectivity index (χ1v) is 11.8. The van der Waals surface area contributed by atoms with E-state index in [9.17, 15) is 29.4 Å². The van der Waals surface area contributed by atoms with E-state index < -0.39 is 54.0 Å². The summed E-state index contributed by atoms with van der Waals surface area (Å²) in [4.78, 5) is 49.9. The number of hydrogen-bond donors (Lipinski definition) is 7. The Morgan fingerprint density at radius 2 is 1.46 bits per heavy atom. The number of amides is 3. The van der Waals surface area contributed by atoms with Gasteiger partial charge in [0.2, 0.25) is 17.7 Å². The molecule has 5 atom stereocenters. The van der Waals surface area contributed by atoms with Crippen LogP contribution >= 0.6 is 0 Å². The van der Waals surface area contributed by atoms with Crippen LogP contribution in [0.15, 0.2) is 30.3 Å². The molecule has 1 rings (SSSR count). The molecule has 0 aliphatic rings. The van der Waals surface area contributed by atoms with Gasteiger partial charge in [0.05, 0.1) is 12.1 Å². The maximum Gasteiger partial charge on any atom is 0.326 e. The Morgan fingerprint density at radius 3 is 1.97 bits per heavy atom. The average Bonchev–Trinajstić information content (AvgIpc) is 2.80. The van der Waals surface area contributed by atoms with Crippen LogP contribution in [0.5, 0.6) is 0 Å². The molecule has 35 heavy (non-hydrogen) atoms. The van der Waals surface area contributed by atoms with Crippen molar-refractivity contribution in [3.05, 3.63) is 35.9 Å². The number of nitrogens with one attached hydrogen (secondary N) is 3. The van der Waals surface area contributed by atoms with Crippen molar-refractivity contribution in [3.63, 3.8) is 0 Å². The van der Waals surface area contributed by atoms with Gasteiger partial charge in [-0.25, -0.2) is 4.79 Å². The molecule has 1 aromatic rings. The lowest BCUT2D eigenvalue weighted by atomic mass is 10.0. The van der Waals surface area contributed by atoms with Crippen molar-refractivity contribution >= 4 is 23.7 Å². The molecular weight excluding hydrogens is 454 g/mol. The standard InChI is InChI=1S/C24H39N5O6/c1-14(2)19(28-21(31)17(26)11-7-8-12-25)22(32)29-20(15(3)30)23(33)27-18(24(34)35)13-16-9-5-4-6-10-16/h4-6,9-10,14-15,17-20,30H,7-8,11-13,25-26H2,1-3H3,(H,27,33)(H,28,31)(H,29,32)(H,34,35). The third-order valence-electron chi connectivity index (χ3n) is 5.51. The molecule has 9 N–H and O–H groups in total. The van der Waals surface area contributed by atoms with Gasteiger partial charge in [0, 0.05) is 6.42 Å². The van der Waals surface area contributed by atoms with Crippen LogP contribution in [0, 0.1) is 5.92 Å². The van der Waals surface area contributed by atoms with Crippen LogP contribution in [-0.4, -0.2) is 70.7 Å². The molecule has 0 saturated carbocycles. The predicted octanol–water partition coefficient (Wildman–Crippen LogP) is -0.739. The molecule has 0 fully saturated rings. The summed E-state index contributed by atoms with van der Waals surface area (Å²) >= 11 is 0. The van der Waals surface area contributed by atoms with Crippen LogP contribution in [-0.2, 0) is 25.6 Å². The largest absolute Gasteiger partial charge is 0.480 e. The highest BCUT2D eigenvalue weighted by Crippen LogP contribution is 2.08. The molecule has 0 aromatic heterocycles. The second-order valence-corrected chi connectivity index (χ2v) is 8.94. The number of carboxylic acid groups (broad SMARTS) is 1. The zero-order chi connectivity index (χ0) is 26.5. The summed E-state index contributed by atoms with van der Waals surface area (Å²) in [7, 11) is 0. The number of unbranched alkanes of at least 4 members (excludes halogenated alkanes) is 1. The smallest absolute Gasteiger partial charge is 0.326 e. The summed E-state index contributed by atoms with van der Waals surface area (Å²) in [5.74, 6) is -3.67. The van der Waals surface area contributed by atoms with Gasteiger partial charge in [0.25, 0.3) is 0 Å². The minimum atomic E-state index is -1.43. The Labute approximate surface area is 206 Å².